The molecule has 1 aromatic heterocycles. The lowest BCUT2D eigenvalue weighted by atomic mass is 10.2. The Labute approximate surface area is 114 Å². The summed E-state index contributed by atoms with van der Waals surface area (Å²) in [5.41, 5.74) is 0.402. The summed E-state index contributed by atoms with van der Waals surface area (Å²) in [6.45, 7) is 2.34. The highest BCUT2D eigenvalue weighted by atomic mass is 35.5. The van der Waals surface area contributed by atoms with Crippen LogP contribution in [0.4, 0.5) is 5.13 Å². The van der Waals surface area contributed by atoms with Gasteiger partial charge in [0.1, 0.15) is 5.75 Å². The van der Waals surface area contributed by atoms with Crippen molar-refractivity contribution in [1.29, 1.82) is 0 Å². The lowest BCUT2D eigenvalue weighted by Gasteiger charge is -2.09. The number of aromatic nitrogens is 1. The van der Waals surface area contributed by atoms with Gasteiger partial charge < -0.3 is 4.74 Å². The molecule has 4 nitrogen and oxygen atoms in total. The molecule has 0 saturated carbocycles. The van der Waals surface area contributed by atoms with Crippen LogP contribution in [0.15, 0.2) is 29.8 Å². The Morgan fingerprint density at radius 3 is 3.06 bits per heavy atom. The van der Waals surface area contributed by atoms with Crippen LogP contribution < -0.4 is 10.1 Å². The van der Waals surface area contributed by atoms with Crippen LogP contribution in [0.2, 0.25) is 5.02 Å². The fourth-order valence-electron chi connectivity index (χ4n) is 1.41. The molecule has 1 N–H and O–H groups in total. The van der Waals surface area contributed by atoms with Gasteiger partial charge in [-0.25, -0.2) is 4.98 Å². The zero-order valence-corrected chi connectivity index (χ0v) is 11.2. The maximum absolute atomic E-state index is 12.1. The summed E-state index contributed by atoms with van der Waals surface area (Å²) >= 11 is 7.25. The molecule has 1 heterocycles. The molecule has 1 aromatic carbocycles. The Morgan fingerprint density at radius 2 is 2.39 bits per heavy atom. The third kappa shape index (κ3) is 3.00. The largest absolute Gasteiger partial charge is 0.493 e. The number of amides is 1. The summed E-state index contributed by atoms with van der Waals surface area (Å²) in [5, 5.41) is 5.52. The molecule has 0 saturated heterocycles. The van der Waals surface area contributed by atoms with Crippen molar-refractivity contribution in [3.63, 3.8) is 0 Å². The Bertz CT molecular complexity index is 543. The van der Waals surface area contributed by atoms with Gasteiger partial charge in [-0.05, 0) is 25.1 Å². The second-order valence-corrected chi connectivity index (χ2v) is 4.70. The molecule has 0 fully saturated rings. The smallest absolute Gasteiger partial charge is 0.261 e. The summed E-state index contributed by atoms with van der Waals surface area (Å²) in [6.07, 6.45) is 1.63. The molecule has 2 aromatic rings. The van der Waals surface area contributed by atoms with Crippen LogP contribution in [0.25, 0.3) is 0 Å². The number of nitrogens with one attached hydrogen (secondary N) is 1. The van der Waals surface area contributed by atoms with Crippen LogP contribution in [-0.4, -0.2) is 17.5 Å². The van der Waals surface area contributed by atoms with Gasteiger partial charge in [-0.3, -0.25) is 10.1 Å². The summed E-state index contributed by atoms with van der Waals surface area (Å²) in [6, 6.07) is 4.95. The molecule has 0 unspecified atom stereocenters. The van der Waals surface area contributed by atoms with Gasteiger partial charge in [-0.15, -0.1) is 11.3 Å². The van der Waals surface area contributed by atoms with Crippen molar-refractivity contribution in [2.75, 3.05) is 11.9 Å². The van der Waals surface area contributed by atoms with Crippen molar-refractivity contribution in [3.8, 4) is 5.75 Å². The van der Waals surface area contributed by atoms with E-state index in [1.807, 2.05) is 6.92 Å². The maximum Gasteiger partial charge on any atom is 0.261 e. The monoisotopic (exact) mass is 282 g/mol. The van der Waals surface area contributed by atoms with E-state index >= 15 is 0 Å². The zero-order chi connectivity index (χ0) is 13.0. The molecule has 0 aliphatic rings. The first-order valence-electron chi connectivity index (χ1n) is 5.34. The molecule has 0 spiro atoms. The lowest BCUT2D eigenvalue weighted by molar-refractivity contribution is 0.102. The van der Waals surface area contributed by atoms with Gasteiger partial charge >= 0.3 is 0 Å². The zero-order valence-electron chi connectivity index (χ0n) is 9.64. The predicted octanol–water partition coefficient (Wildman–Crippen LogP) is 3.45. The average Bonchev–Trinajstić information content (AvgIpc) is 2.84. The summed E-state index contributed by atoms with van der Waals surface area (Å²) in [4.78, 5) is 16.1. The van der Waals surface area contributed by atoms with Gasteiger partial charge in [0, 0.05) is 16.6 Å². The number of halogens is 1. The average molecular weight is 283 g/mol. The first-order chi connectivity index (χ1) is 8.70. The predicted molar refractivity (Wildman–Crippen MR) is 72.7 cm³/mol. The third-order valence-electron chi connectivity index (χ3n) is 2.14. The molecule has 94 valence electrons. The number of benzene rings is 1. The van der Waals surface area contributed by atoms with Gasteiger partial charge in [0.2, 0.25) is 0 Å². The van der Waals surface area contributed by atoms with Crippen molar-refractivity contribution >= 4 is 34.0 Å². The Balaban J connectivity index is 2.25. The van der Waals surface area contributed by atoms with E-state index in [0.717, 1.165) is 0 Å². The highest BCUT2D eigenvalue weighted by Gasteiger charge is 2.14. The van der Waals surface area contributed by atoms with Crippen LogP contribution in [0.3, 0.4) is 0 Å². The summed E-state index contributed by atoms with van der Waals surface area (Å²) in [7, 11) is 0. The number of hydrogen-bond acceptors (Lipinski definition) is 4. The van der Waals surface area contributed by atoms with Gasteiger partial charge in [0.15, 0.2) is 5.13 Å². The number of nitrogens with zero attached hydrogens (tertiary/aromatic N) is 1. The normalized spacial score (nSPS) is 10.1. The number of thiazole rings is 1. The van der Waals surface area contributed by atoms with Gasteiger partial charge in [0.25, 0.3) is 5.91 Å². The Kier molecular flexibility index (Phi) is 4.17. The molecule has 0 atom stereocenters. The molecule has 1 amide bonds. The topological polar surface area (TPSA) is 51.2 Å². The molecular weight excluding hydrogens is 272 g/mol. The highest BCUT2D eigenvalue weighted by Crippen LogP contribution is 2.24. The fraction of sp³-hybridized carbons (Fsp3) is 0.167. The standard InChI is InChI=1S/C12H11ClN2O2S/c1-2-17-10-4-3-8(13)7-9(10)11(16)15-12-14-5-6-18-12/h3-7H,2H2,1H3,(H,14,15,16). The van der Waals surface area contributed by atoms with Crippen molar-refractivity contribution in [1.82, 2.24) is 4.98 Å². The fourth-order valence-corrected chi connectivity index (χ4v) is 2.11. The Hall–Kier alpha value is -1.59. The molecule has 6 heteroatoms. The third-order valence-corrected chi connectivity index (χ3v) is 3.06. The van der Waals surface area contributed by atoms with Crippen LogP contribution in [-0.2, 0) is 0 Å². The molecule has 18 heavy (non-hydrogen) atoms. The second-order valence-electron chi connectivity index (χ2n) is 3.36. The molecular formula is C12H11ClN2O2S. The van der Waals surface area contributed by atoms with Crippen LogP contribution in [0, 0.1) is 0 Å². The number of rotatable bonds is 4. The van der Waals surface area contributed by atoms with Crippen molar-refractivity contribution < 1.29 is 9.53 Å². The van der Waals surface area contributed by atoms with Crippen molar-refractivity contribution in [3.05, 3.63) is 40.4 Å². The molecule has 0 bridgehead atoms. The van der Waals surface area contributed by atoms with E-state index in [1.165, 1.54) is 11.3 Å². The lowest BCUT2D eigenvalue weighted by Crippen LogP contribution is -2.13. The van der Waals surface area contributed by atoms with E-state index in [-0.39, 0.29) is 5.91 Å². The van der Waals surface area contributed by atoms with Crippen molar-refractivity contribution in [2.45, 2.75) is 6.92 Å². The van der Waals surface area contributed by atoms with Crippen LogP contribution in [0.5, 0.6) is 5.75 Å². The molecule has 0 radical (unpaired) electrons. The number of hydrogen-bond donors (Lipinski definition) is 1. The number of ether oxygens (including phenoxy) is 1. The maximum atomic E-state index is 12.1. The number of carbonyl (C=O) groups is 1. The van der Waals surface area contributed by atoms with Crippen molar-refractivity contribution in [2.24, 2.45) is 0 Å². The number of carbonyl (C=O) groups excluding carboxylic acids is 1. The Morgan fingerprint density at radius 1 is 1.56 bits per heavy atom. The van der Waals surface area contributed by atoms with Gasteiger partial charge in [-0.2, -0.15) is 0 Å². The first-order valence-corrected chi connectivity index (χ1v) is 6.59. The van der Waals surface area contributed by atoms with E-state index in [1.54, 1.807) is 29.8 Å². The summed E-state index contributed by atoms with van der Waals surface area (Å²) < 4.78 is 5.40. The van der Waals surface area contributed by atoms with Crippen LogP contribution in [0.1, 0.15) is 17.3 Å². The van der Waals surface area contributed by atoms with E-state index in [2.05, 4.69) is 10.3 Å². The molecule has 0 aliphatic carbocycles. The molecule has 0 aliphatic heterocycles. The van der Waals surface area contributed by atoms with Crippen LogP contribution >= 0.6 is 22.9 Å². The quantitative estimate of drug-likeness (QED) is 0.934. The SMILES string of the molecule is CCOc1ccc(Cl)cc1C(=O)Nc1nccs1. The van der Waals surface area contributed by atoms with E-state index in [0.29, 0.717) is 28.1 Å². The first kappa shape index (κ1) is 12.9. The van der Waals surface area contributed by atoms with E-state index in [9.17, 15) is 4.79 Å². The second kappa shape index (κ2) is 5.84. The van der Waals surface area contributed by atoms with Gasteiger partial charge in [0.05, 0.1) is 12.2 Å². The molecule has 2 rings (SSSR count). The highest BCUT2D eigenvalue weighted by molar-refractivity contribution is 7.13. The van der Waals surface area contributed by atoms with Gasteiger partial charge in [-0.1, -0.05) is 11.6 Å². The number of anilines is 1. The minimum Gasteiger partial charge on any atom is -0.493 e. The van der Waals surface area contributed by atoms with E-state index in [4.69, 9.17) is 16.3 Å². The minimum atomic E-state index is -0.282. The minimum absolute atomic E-state index is 0.282. The van der Waals surface area contributed by atoms with E-state index < -0.39 is 0 Å². The summed E-state index contributed by atoms with van der Waals surface area (Å²) in [5.74, 6) is 0.229.